The number of aromatic nitrogens is 1. The minimum absolute atomic E-state index is 0.0912. The first-order valence-electron chi connectivity index (χ1n) is 6.20. The van der Waals surface area contributed by atoms with E-state index < -0.39 is 0 Å². The second kappa shape index (κ2) is 6.58. The van der Waals surface area contributed by atoms with Crippen molar-refractivity contribution in [2.75, 3.05) is 13.2 Å². The standard InChI is InChI=1S/C14H15FN2O2S/c1-9-13(14(19)16-6-7-18)20-12(17-9)8-10-2-4-11(15)5-3-10/h2-5,18H,6-8H2,1H3,(H,16,19). The Hall–Kier alpha value is -1.79. The van der Waals surface area contributed by atoms with Gasteiger partial charge in [0.05, 0.1) is 17.3 Å². The molecule has 0 radical (unpaired) electrons. The lowest BCUT2D eigenvalue weighted by Gasteiger charge is -2.00. The van der Waals surface area contributed by atoms with Gasteiger partial charge in [0, 0.05) is 13.0 Å². The predicted octanol–water partition coefficient (Wildman–Crippen LogP) is 1.90. The Bertz CT molecular complexity index is 596. The molecule has 0 unspecified atom stereocenters. The number of benzene rings is 1. The van der Waals surface area contributed by atoms with Gasteiger partial charge >= 0.3 is 0 Å². The van der Waals surface area contributed by atoms with E-state index in [2.05, 4.69) is 10.3 Å². The fourth-order valence-electron chi connectivity index (χ4n) is 1.77. The van der Waals surface area contributed by atoms with Gasteiger partial charge in [-0.15, -0.1) is 11.3 Å². The molecular formula is C14H15FN2O2S. The van der Waals surface area contributed by atoms with Crippen molar-refractivity contribution < 1.29 is 14.3 Å². The van der Waals surface area contributed by atoms with Crippen molar-refractivity contribution in [3.8, 4) is 0 Å². The van der Waals surface area contributed by atoms with E-state index >= 15 is 0 Å². The van der Waals surface area contributed by atoms with E-state index in [0.29, 0.717) is 17.0 Å². The van der Waals surface area contributed by atoms with Crippen LogP contribution >= 0.6 is 11.3 Å². The maximum absolute atomic E-state index is 12.8. The number of aliphatic hydroxyl groups excluding tert-OH is 1. The van der Waals surface area contributed by atoms with Crippen LogP contribution in [0.1, 0.15) is 25.9 Å². The first-order chi connectivity index (χ1) is 9.60. The van der Waals surface area contributed by atoms with Crippen molar-refractivity contribution in [1.29, 1.82) is 0 Å². The van der Waals surface area contributed by atoms with Crippen molar-refractivity contribution in [2.24, 2.45) is 0 Å². The van der Waals surface area contributed by atoms with Crippen molar-refractivity contribution in [3.05, 3.63) is 51.2 Å². The summed E-state index contributed by atoms with van der Waals surface area (Å²) in [4.78, 5) is 16.7. The molecule has 0 saturated carbocycles. The Morgan fingerprint density at radius 1 is 1.40 bits per heavy atom. The second-order valence-corrected chi connectivity index (χ2v) is 5.39. The number of carbonyl (C=O) groups excluding carboxylic acids is 1. The molecule has 1 aromatic heterocycles. The zero-order valence-electron chi connectivity index (χ0n) is 11.0. The van der Waals surface area contributed by atoms with E-state index in [9.17, 15) is 9.18 Å². The molecular weight excluding hydrogens is 279 g/mol. The van der Waals surface area contributed by atoms with Gasteiger partial charge < -0.3 is 10.4 Å². The Morgan fingerprint density at radius 3 is 2.75 bits per heavy atom. The summed E-state index contributed by atoms with van der Waals surface area (Å²) in [7, 11) is 0. The number of hydrogen-bond acceptors (Lipinski definition) is 4. The minimum Gasteiger partial charge on any atom is -0.395 e. The number of thiazole rings is 1. The summed E-state index contributed by atoms with van der Waals surface area (Å²) >= 11 is 1.32. The quantitative estimate of drug-likeness (QED) is 0.885. The van der Waals surface area contributed by atoms with Gasteiger partial charge in [-0.25, -0.2) is 9.37 Å². The number of amides is 1. The third-order valence-corrected chi connectivity index (χ3v) is 3.87. The van der Waals surface area contributed by atoms with E-state index in [0.717, 1.165) is 10.6 Å². The Labute approximate surface area is 120 Å². The summed E-state index contributed by atoms with van der Waals surface area (Å²) in [6.07, 6.45) is 0.569. The van der Waals surface area contributed by atoms with E-state index in [-0.39, 0.29) is 24.9 Å². The van der Waals surface area contributed by atoms with Gasteiger partial charge in [-0.3, -0.25) is 4.79 Å². The fourth-order valence-corrected chi connectivity index (χ4v) is 2.78. The SMILES string of the molecule is Cc1nc(Cc2ccc(F)cc2)sc1C(=O)NCCO. The molecule has 6 heteroatoms. The highest BCUT2D eigenvalue weighted by atomic mass is 32.1. The molecule has 0 bridgehead atoms. The largest absolute Gasteiger partial charge is 0.395 e. The lowest BCUT2D eigenvalue weighted by molar-refractivity contribution is 0.0948. The second-order valence-electron chi connectivity index (χ2n) is 4.30. The topological polar surface area (TPSA) is 62.2 Å². The summed E-state index contributed by atoms with van der Waals surface area (Å²) in [6, 6.07) is 6.23. The lowest BCUT2D eigenvalue weighted by Crippen LogP contribution is -2.26. The molecule has 106 valence electrons. The van der Waals surface area contributed by atoms with Crippen LogP contribution in [0.3, 0.4) is 0 Å². The highest BCUT2D eigenvalue weighted by Gasteiger charge is 2.14. The van der Waals surface area contributed by atoms with Crippen LogP contribution in [0.2, 0.25) is 0 Å². The third kappa shape index (κ3) is 3.61. The molecule has 1 aromatic carbocycles. The van der Waals surface area contributed by atoms with Gasteiger partial charge in [0.15, 0.2) is 0 Å². The van der Waals surface area contributed by atoms with Gasteiger partial charge in [0.1, 0.15) is 10.7 Å². The Morgan fingerprint density at radius 2 is 2.10 bits per heavy atom. The first-order valence-corrected chi connectivity index (χ1v) is 7.01. The van der Waals surface area contributed by atoms with Crippen molar-refractivity contribution in [3.63, 3.8) is 0 Å². The number of nitrogens with one attached hydrogen (secondary N) is 1. The van der Waals surface area contributed by atoms with E-state index in [1.54, 1.807) is 19.1 Å². The van der Waals surface area contributed by atoms with Gasteiger partial charge in [-0.1, -0.05) is 12.1 Å². The van der Waals surface area contributed by atoms with Crippen LogP contribution in [-0.2, 0) is 6.42 Å². The van der Waals surface area contributed by atoms with Gasteiger partial charge in [-0.05, 0) is 24.6 Å². The van der Waals surface area contributed by atoms with Crippen LogP contribution in [0.25, 0.3) is 0 Å². The molecule has 1 amide bonds. The van der Waals surface area contributed by atoms with Crippen LogP contribution in [0.4, 0.5) is 4.39 Å². The molecule has 2 aromatic rings. The fraction of sp³-hybridized carbons (Fsp3) is 0.286. The van der Waals surface area contributed by atoms with Crippen LogP contribution in [0, 0.1) is 12.7 Å². The number of nitrogens with zero attached hydrogens (tertiary/aromatic N) is 1. The summed E-state index contributed by atoms with van der Waals surface area (Å²) in [5, 5.41) is 12.1. The number of aryl methyl sites for hydroxylation is 1. The summed E-state index contributed by atoms with van der Waals surface area (Å²) in [5.41, 5.74) is 1.62. The monoisotopic (exact) mass is 294 g/mol. The number of carbonyl (C=O) groups is 1. The molecule has 1 heterocycles. The molecule has 0 saturated heterocycles. The van der Waals surface area contributed by atoms with E-state index in [4.69, 9.17) is 5.11 Å². The van der Waals surface area contributed by atoms with Crippen molar-refractivity contribution in [2.45, 2.75) is 13.3 Å². The van der Waals surface area contributed by atoms with E-state index in [1.165, 1.54) is 23.5 Å². The average molecular weight is 294 g/mol. The molecule has 0 aliphatic carbocycles. The summed E-state index contributed by atoms with van der Waals surface area (Å²) < 4.78 is 12.8. The molecule has 4 nitrogen and oxygen atoms in total. The highest BCUT2D eigenvalue weighted by Crippen LogP contribution is 2.21. The maximum Gasteiger partial charge on any atom is 0.263 e. The number of hydrogen-bond donors (Lipinski definition) is 2. The molecule has 0 aliphatic heterocycles. The normalized spacial score (nSPS) is 10.6. The van der Waals surface area contributed by atoms with Crippen LogP contribution in [-0.4, -0.2) is 29.1 Å². The molecule has 0 spiro atoms. The number of halogens is 1. The van der Waals surface area contributed by atoms with E-state index in [1.807, 2.05) is 0 Å². The zero-order valence-corrected chi connectivity index (χ0v) is 11.8. The molecule has 2 rings (SSSR count). The van der Waals surface area contributed by atoms with Gasteiger partial charge in [0.25, 0.3) is 5.91 Å². The van der Waals surface area contributed by atoms with Gasteiger partial charge in [-0.2, -0.15) is 0 Å². The summed E-state index contributed by atoms with van der Waals surface area (Å²) in [5.74, 6) is -0.493. The number of rotatable bonds is 5. The van der Waals surface area contributed by atoms with Crippen LogP contribution < -0.4 is 5.32 Å². The maximum atomic E-state index is 12.8. The zero-order chi connectivity index (χ0) is 14.5. The molecule has 20 heavy (non-hydrogen) atoms. The molecule has 0 aliphatic rings. The minimum atomic E-state index is -0.270. The predicted molar refractivity (Wildman–Crippen MR) is 75.5 cm³/mol. The Kier molecular flexibility index (Phi) is 4.81. The van der Waals surface area contributed by atoms with Crippen LogP contribution in [0.5, 0.6) is 0 Å². The highest BCUT2D eigenvalue weighted by molar-refractivity contribution is 7.13. The van der Waals surface area contributed by atoms with Crippen LogP contribution in [0.15, 0.2) is 24.3 Å². The number of aliphatic hydroxyl groups is 1. The average Bonchev–Trinajstić information content (AvgIpc) is 2.79. The van der Waals surface area contributed by atoms with Gasteiger partial charge in [0.2, 0.25) is 0 Å². The smallest absolute Gasteiger partial charge is 0.263 e. The van der Waals surface area contributed by atoms with Crippen molar-refractivity contribution in [1.82, 2.24) is 10.3 Å². The first kappa shape index (κ1) is 14.6. The lowest BCUT2D eigenvalue weighted by atomic mass is 10.1. The Balaban J connectivity index is 2.10. The molecule has 0 fully saturated rings. The third-order valence-electron chi connectivity index (χ3n) is 2.71. The molecule has 2 N–H and O–H groups in total. The van der Waals surface area contributed by atoms with Crippen molar-refractivity contribution >= 4 is 17.2 Å². The molecule has 0 atom stereocenters. The summed E-state index contributed by atoms with van der Waals surface area (Å²) in [6.45, 7) is 1.91.